The van der Waals surface area contributed by atoms with Crippen LogP contribution < -0.4 is 24.4 Å². The van der Waals surface area contributed by atoms with E-state index in [0.717, 1.165) is 67.7 Å². The SMILES string of the molecule is COc1ccccc1N1CCN(CCCNc2ccc(Cl)cc2Sc2c(OC)ccc(CCC(=O)O)c2OC(C)=O)CC1. The molecule has 1 heterocycles. The van der Waals surface area contributed by atoms with Crippen LogP contribution in [0.25, 0.3) is 0 Å². The number of methoxy groups -OCH3 is 2. The number of esters is 1. The maximum absolute atomic E-state index is 12.0. The predicted octanol–water partition coefficient (Wildman–Crippen LogP) is 6.08. The topological polar surface area (TPSA) is 101 Å². The molecule has 0 radical (unpaired) electrons. The molecule has 0 spiro atoms. The molecule has 1 saturated heterocycles. The molecule has 3 aromatic rings. The number of carbonyl (C=O) groups excluding carboxylic acids is 1. The number of aliphatic carboxylic acids is 1. The molecule has 230 valence electrons. The van der Waals surface area contributed by atoms with Crippen LogP contribution in [0.4, 0.5) is 11.4 Å². The zero-order valence-electron chi connectivity index (χ0n) is 24.7. The zero-order valence-corrected chi connectivity index (χ0v) is 26.3. The van der Waals surface area contributed by atoms with E-state index < -0.39 is 11.9 Å². The van der Waals surface area contributed by atoms with E-state index in [9.17, 15) is 14.7 Å². The number of halogens is 1. The van der Waals surface area contributed by atoms with Crippen molar-refractivity contribution < 1.29 is 28.9 Å². The Morgan fingerprint density at radius 3 is 2.44 bits per heavy atom. The quantitative estimate of drug-likeness (QED) is 0.124. The number of carboxylic acid groups (broad SMARTS) is 1. The van der Waals surface area contributed by atoms with Gasteiger partial charge in [0.15, 0.2) is 5.75 Å². The summed E-state index contributed by atoms with van der Waals surface area (Å²) >= 11 is 7.75. The van der Waals surface area contributed by atoms with Gasteiger partial charge in [-0.1, -0.05) is 41.6 Å². The Bertz CT molecular complexity index is 1410. The van der Waals surface area contributed by atoms with Gasteiger partial charge in [0.05, 0.1) is 24.8 Å². The van der Waals surface area contributed by atoms with Crippen LogP contribution in [0.1, 0.15) is 25.3 Å². The zero-order chi connectivity index (χ0) is 30.8. The van der Waals surface area contributed by atoms with Gasteiger partial charge in [-0.05, 0) is 61.3 Å². The van der Waals surface area contributed by atoms with E-state index >= 15 is 0 Å². The molecular formula is C32H38ClN3O6S. The fraction of sp³-hybridized carbons (Fsp3) is 0.375. The molecule has 3 aromatic carbocycles. The largest absolute Gasteiger partial charge is 0.495 e. The van der Waals surface area contributed by atoms with Crippen molar-refractivity contribution in [2.75, 3.05) is 63.7 Å². The number of carboxylic acids is 1. The second kappa shape index (κ2) is 15.7. The number of hydrogen-bond donors (Lipinski definition) is 2. The third-order valence-electron chi connectivity index (χ3n) is 7.15. The molecule has 0 amide bonds. The fourth-order valence-corrected chi connectivity index (χ4v) is 6.41. The summed E-state index contributed by atoms with van der Waals surface area (Å²) in [4.78, 5) is 29.5. The van der Waals surface area contributed by atoms with Gasteiger partial charge in [0.25, 0.3) is 0 Å². The lowest BCUT2D eigenvalue weighted by atomic mass is 10.1. The highest BCUT2D eigenvalue weighted by molar-refractivity contribution is 7.99. The summed E-state index contributed by atoms with van der Waals surface area (Å²) < 4.78 is 16.8. The van der Waals surface area contributed by atoms with Crippen LogP contribution in [0.2, 0.25) is 5.02 Å². The van der Waals surface area contributed by atoms with Gasteiger partial charge in [-0.25, -0.2) is 0 Å². The third kappa shape index (κ3) is 8.95. The maximum Gasteiger partial charge on any atom is 0.308 e. The Balaban J connectivity index is 1.40. The monoisotopic (exact) mass is 627 g/mol. The molecule has 4 rings (SSSR count). The number of benzene rings is 3. The summed E-state index contributed by atoms with van der Waals surface area (Å²) in [6, 6.07) is 17.3. The average Bonchev–Trinajstić information content (AvgIpc) is 3.00. The van der Waals surface area contributed by atoms with Crippen LogP contribution in [-0.4, -0.2) is 75.4 Å². The molecule has 0 unspecified atom stereocenters. The van der Waals surface area contributed by atoms with Crippen LogP contribution in [0, 0.1) is 0 Å². The van der Waals surface area contributed by atoms with Crippen molar-refractivity contribution in [1.29, 1.82) is 0 Å². The van der Waals surface area contributed by atoms with Crippen LogP contribution in [0.3, 0.4) is 0 Å². The first-order valence-corrected chi connectivity index (χ1v) is 15.4. The lowest BCUT2D eigenvalue weighted by Crippen LogP contribution is -2.46. The molecule has 1 aliphatic rings. The molecule has 0 bridgehead atoms. The predicted molar refractivity (Wildman–Crippen MR) is 171 cm³/mol. The molecule has 0 aromatic heterocycles. The second-order valence-electron chi connectivity index (χ2n) is 10.1. The highest BCUT2D eigenvalue weighted by Gasteiger charge is 2.22. The standard InChI is InChI=1S/C32H38ClN3O6S/c1-22(37)42-31-23(10-14-30(38)39)9-13-28(41-3)32(31)43-29-21-24(33)11-12-25(29)34-15-6-16-35-17-19-36(20-18-35)26-7-4-5-8-27(26)40-2/h4-5,7-9,11-13,21,34H,6,10,14-20H2,1-3H3,(H,38,39). The summed E-state index contributed by atoms with van der Waals surface area (Å²) in [6.07, 6.45) is 1.07. The Morgan fingerprint density at radius 2 is 1.74 bits per heavy atom. The highest BCUT2D eigenvalue weighted by atomic mass is 35.5. The summed E-state index contributed by atoms with van der Waals surface area (Å²) in [5.41, 5.74) is 2.64. The number of rotatable bonds is 14. The number of anilines is 2. The van der Waals surface area contributed by atoms with E-state index in [1.54, 1.807) is 26.4 Å². The molecule has 0 aliphatic carbocycles. The van der Waals surface area contributed by atoms with Crippen LogP contribution in [0.15, 0.2) is 64.4 Å². The first-order valence-electron chi connectivity index (χ1n) is 14.2. The normalized spacial score (nSPS) is 13.4. The van der Waals surface area contributed by atoms with Gasteiger partial charge in [-0.15, -0.1) is 0 Å². The van der Waals surface area contributed by atoms with Gasteiger partial charge in [-0.2, -0.15) is 0 Å². The van der Waals surface area contributed by atoms with Crippen molar-refractivity contribution in [3.8, 4) is 17.2 Å². The Hall–Kier alpha value is -3.60. The number of nitrogens with one attached hydrogen (secondary N) is 1. The van der Waals surface area contributed by atoms with E-state index in [2.05, 4.69) is 21.2 Å². The van der Waals surface area contributed by atoms with Gasteiger partial charge in [0, 0.05) is 61.7 Å². The lowest BCUT2D eigenvalue weighted by Gasteiger charge is -2.36. The number of aryl methyl sites for hydroxylation is 1. The van der Waals surface area contributed by atoms with Gasteiger partial charge >= 0.3 is 11.9 Å². The van der Waals surface area contributed by atoms with Crippen molar-refractivity contribution in [2.45, 2.75) is 36.0 Å². The Labute approximate surface area is 262 Å². The molecule has 0 saturated carbocycles. The minimum atomic E-state index is -0.932. The van der Waals surface area contributed by atoms with Crippen molar-refractivity contribution in [3.05, 3.63) is 65.2 Å². The van der Waals surface area contributed by atoms with Gasteiger partial charge in [0.1, 0.15) is 11.5 Å². The number of nitrogens with zero attached hydrogens (tertiary/aromatic N) is 2. The van der Waals surface area contributed by atoms with Crippen molar-refractivity contribution in [2.24, 2.45) is 0 Å². The van der Waals surface area contributed by atoms with E-state index in [4.69, 9.17) is 25.8 Å². The van der Waals surface area contributed by atoms with E-state index in [1.165, 1.54) is 18.7 Å². The molecule has 9 nitrogen and oxygen atoms in total. The molecule has 1 aliphatic heterocycles. The molecule has 1 fully saturated rings. The highest BCUT2D eigenvalue weighted by Crippen LogP contribution is 2.46. The Kier molecular flexibility index (Phi) is 11.8. The van der Waals surface area contributed by atoms with Gasteiger partial charge < -0.3 is 29.5 Å². The maximum atomic E-state index is 12.0. The minimum Gasteiger partial charge on any atom is -0.495 e. The number of carbonyl (C=O) groups is 2. The van der Waals surface area contributed by atoms with E-state index in [1.807, 2.05) is 36.4 Å². The molecule has 2 N–H and O–H groups in total. The summed E-state index contributed by atoms with van der Waals surface area (Å²) in [5, 5.41) is 13.3. The lowest BCUT2D eigenvalue weighted by molar-refractivity contribution is -0.137. The molecule has 11 heteroatoms. The smallest absolute Gasteiger partial charge is 0.308 e. The first kappa shape index (κ1) is 32.3. The number of hydrogen-bond acceptors (Lipinski definition) is 9. The molecule has 0 atom stereocenters. The molecular weight excluding hydrogens is 590 g/mol. The second-order valence-corrected chi connectivity index (χ2v) is 11.6. The van der Waals surface area contributed by atoms with Gasteiger partial charge in [-0.3, -0.25) is 14.5 Å². The van der Waals surface area contributed by atoms with Gasteiger partial charge in [0.2, 0.25) is 0 Å². The van der Waals surface area contributed by atoms with Crippen LogP contribution in [-0.2, 0) is 16.0 Å². The van der Waals surface area contributed by atoms with E-state index in [0.29, 0.717) is 27.0 Å². The Morgan fingerprint density at radius 1 is 1.00 bits per heavy atom. The molecule has 43 heavy (non-hydrogen) atoms. The average molecular weight is 628 g/mol. The number of piperazine rings is 1. The number of para-hydroxylation sites is 2. The van der Waals surface area contributed by atoms with Crippen molar-refractivity contribution in [1.82, 2.24) is 4.90 Å². The van der Waals surface area contributed by atoms with Crippen molar-refractivity contribution >= 4 is 46.7 Å². The minimum absolute atomic E-state index is 0.0931. The third-order valence-corrected chi connectivity index (χ3v) is 8.54. The van der Waals surface area contributed by atoms with Crippen LogP contribution >= 0.6 is 23.4 Å². The summed E-state index contributed by atoms with van der Waals surface area (Å²) in [7, 11) is 3.25. The first-order chi connectivity index (χ1) is 20.8. The van der Waals surface area contributed by atoms with Crippen LogP contribution in [0.5, 0.6) is 17.2 Å². The van der Waals surface area contributed by atoms with Crippen molar-refractivity contribution in [3.63, 3.8) is 0 Å². The summed E-state index contributed by atoms with van der Waals surface area (Å²) in [6.45, 7) is 6.91. The summed E-state index contributed by atoms with van der Waals surface area (Å²) in [5.74, 6) is 0.287. The fourth-order valence-electron chi connectivity index (χ4n) is 5.00. The number of ether oxygens (including phenoxy) is 3. The van der Waals surface area contributed by atoms with E-state index in [-0.39, 0.29) is 12.8 Å².